The summed E-state index contributed by atoms with van der Waals surface area (Å²) in [6, 6.07) is -0.250. The van der Waals surface area contributed by atoms with Crippen LogP contribution in [0.3, 0.4) is 0 Å². The van der Waals surface area contributed by atoms with Crippen molar-refractivity contribution in [2.45, 2.75) is 45.6 Å². The molecule has 1 amide bonds. The highest BCUT2D eigenvalue weighted by Crippen LogP contribution is 2.24. The number of hydrogen-bond acceptors (Lipinski definition) is 6. The molecule has 8 nitrogen and oxygen atoms in total. The molecule has 0 unspecified atom stereocenters. The van der Waals surface area contributed by atoms with Crippen molar-refractivity contribution in [3.63, 3.8) is 0 Å². The van der Waals surface area contributed by atoms with E-state index in [-0.39, 0.29) is 23.8 Å². The molecule has 1 aliphatic carbocycles. The van der Waals surface area contributed by atoms with Crippen molar-refractivity contribution in [3.05, 3.63) is 29.1 Å². The van der Waals surface area contributed by atoms with Gasteiger partial charge in [0.1, 0.15) is 17.8 Å². The standard InChI is InChI=1S/C16H23N7O/c1-9(2)12(14-18-8-19-23(14)3)21-15(24)13-10-6-4-5-7-11(10)20-16(17)22-13/h8-9,12H,4-7H2,1-3H3,(H,21,24)(H2,17,20,22)/t12-/m0/s1. The quantitative estimate of drug-likeness (QED) is 0.871. The normalized spacial score (nSPS) is 15.2. The molecule has 2 aromatic rings. The largest absolute Gasteiger partial charge is 0.368 e. The van der Waals surface area contributed by atoms with Gasteiger partial charge >= 0.3 is 0 Å². The Bertz CT molecular complexity index is 753. The van der Waals surface area contributed by atoms with E-state index in [0.29, 0.717) is 11.5 Å². The number of nitrogens with zero attached hydrogens (tertiary/aromatic N) is 5. The molecule has 0 saturated carbocycles. The number of aromatic nitrogens is 5. The van der Waals surface area contributed by atoms with Crippen molar-refractivity contribution in [1.82, 2.24) is 30.0 Å². The zero-order valence-electron chi connectivity index (χ0n) is 14.3. The van der Waals surface area contributed by atoms with Gasteiger partial charge in [-0.1, -0.05) is 13.8 Å². The van der Waals surface area contributed by atoms with Gasteiger partial charge in [0.05, 0.1) is 6.04 Å². The topological polar surface area (TPSA) is 112 Å². The molecule has 0 aliphatic heterocycles. The van der Waals surface area contributed by atoms with Crippen molar-refractivity contribution >= 4 is 11.9 Å². The summed E-state index contributed by atoms with van der Waals surface area (Å²) in [5.74, 6) is 0.797. The highest BCUT2D eigenvalue weighted by molar-refractivity contribution is 5.94. The van der Waals surface area contributed by atoms with E-state index in [1.54, 1.807) is 4.68 Å². The Morgan fingerprint density at radius 2 is 2.04 bits per heavy atom. The molecular weight excluding hydrogens is 306 g/mol. The van der Waals surface area contributed by atoms with E-state index in [0.717, 1.165) is 36.9 Å². The number of aryl methyl sites for hydroxylation is 2. The molecule has 0 saturated heterocycles. The van der Waals surface area contributed by atoms with E-state index in [1.807, 2.05) is 20.9 Å². The number of carbonyl (C=O) groups excluding carboxylic acids is 1. The SMILES string of the molecule is CC(C)[C@H](NC(=O)c1nc(N)nc2c1CCCC2)c1ncnn1C. The second-order valence-electron chi connectivity index (χ2n) is 6.50. The Labute approximate surface area is 140 Å². The average molecular weight is 329 g/mol. The predicted molar refractivity (Wildman–Crippen MR) is 89.1 cm³/mol. The smallest absolute Gasteiger partial charge is 0.270 e. The lowest BCUT2D eigenvalue weighted by Crippen LogP contribution is -2.35. The number of amides is 1. The molecule has 2 heterocycles. The first-order valence-electron chi connectivity index (χ1n) is 8.27. The lowest BCUT2D eigenvalue weighted by molar-refractivity contribution is 0.0915. The second kappa shape index (κ2) is 6.54. The van der Waals surface area contributed by atoms with Crippen molar-refractivity contribution < 1.29 is 4.79 Å². The molecule has 1 atom stereocenters. The number of anilines is 1. The minimum atomic E-state index is -0.250. The van der Waals surface area contributed by atoms with Crippen molar-refractivity contribution in [2.75, 3.05) is 5.73 Å². The van der Waals surface area contributed by atoms with E-state index in [2.05, 4.69) is 25.4 Å². The number of fused-ring (bicyclic) bond motifs is 1. The summed E-state index contributed by atoms with van der Waals surface area (Å²) in [5.41, 5.74) is 8.02. The number of carbonyl (C=O) groups is 1. The van der Waals surface area contributed by atoms with E-state index in [9.17, 15) is 4.79 Å². The van der Waals surface area contributed by atoms with Crippen molar-refractivity contribution in [3.8, 4) is 0 Å². The molecule has 128 valence electrons. The third-order valence-corrected chi connectivity index (χ3v) is 4.39. The van der Waals surface area contributed by atoms with Gasteiger partial charge in [0.25, 0.3) is 5.91 Å². The van der Waals surface area contributed by atoms with Crippen molar-refractivity contribution in [2.24, 2.45) is 13.0 Å². The van der Waals surface area contributed by atoms with Gasteiger partial charge in [0, 0.05) is 18.3 Å². The Morgan fingerprint density at radius 3 is 2.71 bits per heavy atom. The maximum absolute atomic E-state index is 12.9. The summed E-state index contributed by atoms with van der Waals surface area (Å²) in [7, 11) is 1.81. The van der Waals surface area contributed by atoms with E-state index in [4.69, 9.17) is 5.73 Å². The van der Waals surface area contributed by atoms with Crippen LogP contribution in [0.4, 0.5) is 5.95 Å². The highest BCUT2D eigenvalue weighted by atomic mass is 16.2. The van der Waals surface area contributed by atoms with Crippen LogP contribution in [0.25, 0.3) is 0 Å². The van der Waals surface area contributed by atoms with Crippen LogP contribution in [0, 0.1) is 5.92 Å². The third-order valence-electron chi connectivity index (χ3n) is 4.39. The molecule has 24 heavy (non-hydrogen) atoms. The highest BCUT2D eigenvalue weighted by Gasteiger charge is 2.27. The number of nitrogens with one attached hydrogen (secondary N) is 1. The zero-order valence-corrected chi connectivity index (χ0v) is 14.3. The van der Waals surface area contributed by atoms with Gasteiger partial charge in [-0.15, -0.1) is 0 Å². The van der Waals surface area contributed by atoms with Crippen LogP contribution in [0.5, 0.6) is 0 Å². The first kappa shape index (κ1) is 16.4. The number of nitrogen functional groups attached to an aromatic ring is 1. The molecular formula is C16H23N7O. The summed E-state index contributed by atoms with van der Waals surface area (Å²) in [6.07, 6.45) is 5.25. The lowest BCUT2D eigenvalue weighted by Gasteiger charge is -2.23. The first-order valence-corrected chi connectivity index (χ1v) is 8.27. The van der Waals surface area contributed by atoms with Crippen LogP contribution in [0.1, 0.15) is 60.3 Å². The van der Waals surface area contributed by atoms with Crippen LogP contribution in [-0.2, 0) is 19.9 Å². The molecule has 0 radical (unpaired) electrons. The summed E-state index contributed by atoms with van der Waals surface area (Å²) in [4.78, 5) is 25.7. The van der Waals surface area contributed by atoms with Gasteiger partial charge in [0.15, 0.2) is 0 Å². The van der Waals surface area contributed by atoms with E-state index < -0.39 is 0 Å². The minimum absolute atomic E-state index is 0.153. The van der Waals surface area contributed by atoms with Crippen LogP contribution in [-0.4, -0.2) is 30.6 Å². The summed E-state index contributed by atoms with van der Waals surface area (Å²) in [5, 5.41) is 7.14. The Morgan fingerprint density at radius 1 is 1.29 bits per heavy atom. The fourth-order valence-electron chi connectivity index (χ4n) is 3.13. The van der Waals surface area contributed by atoms with Crippen molar-refractivity contribution in [1.29, 1.82) is 0 Å². The van der Waals surface area contributed by atoms with Gasteiger partial charge in [-0.2, -0.15) is 5.10 Å². The third kappa shape index (κ3) is 3.08. The molecule has 0 bridgehead atoms. The van der Waals surface area contributed by atoms with Crippen LogP contribution in [0.15, 0.2) is 6.33 Å². The summed E-state index contributed by atoms with van der Waals surface area (Å²) in [6.45, 7) is 4.06. The maximum atomic E-state index is 12.9. The molecule has 0 aromatic carbocycles. The number of nitrogens with two attached hydrogens (primary N) is 1. The summed E-state index contributed by atoms with van der Waals surface area (Å²) >= 11 is 0. The van der Waals surface area contributed by atoms with Crippen LogP contribution in [0.2, 0.25) is 0 Å². The van der Waals surface area contributed by atoms with Gasteiger partial charge in [0.2, 0.25) is 5.95 Å². The Hall–Kier alpha value is -2.51. The Kier molecular flexibility index (Phi) is 4.46. The second-order valence-corrected chi connectivity index (χ2v) is 6.50. The monoisotopic (exact) mass is 329 g/mol. The van der Waals surface area contributed by atoms with Crippen LogP contribution < -0.4 is 11.1 Å². The maximum Gasteiger partial charge on any atom is 0.270 e. The summed E-state index contributed by atoms with van der Waals surface area (Å²) < 4.78 is 1.68. The fraction of sp³-hybridized carbons (Fsp3) is 0.562. The Balaban J connectivity index is 1.91. The van der Waals surface area contributed by atoms with Gasteiger partial charge < -0.3 is 11.1 Å². The average Bonchev–Trinajstić information content (AvgIpc) is 2.97. The van der Waals surface area contributed by atoms with Gasteiger partial charge in [-0.05, 0) is 31.6 Å². The molecule has 2 aromatic heterocycles. The number of hydrogen-bond donors (Lipinski definition) is 2. The predicted octanol–water partition coefficient (Wildman–Crippen LogP) is 1.19. The fourth-order valence-corrected chi connectivity index (χ4v) is 3.13. The first-order chi connectivity index (χ1) is 11.5. The molecule has 0 fully saturated rings. The van der Waals surface area contributed by atoms with E-state index in [1.165, 1.54) is 6.33 Å². The molecule has 1 aliphatic rings. The molecule has 8 heteroatoms. The van der Waals surface area contributed by atoms with E-state index >= 15 is 0 Å². The molecule has 0 spiro atoms. The minimum Gasteiger partial charge on any atom is -0.368 e. The molecule has 3 rings (SSSR count). The molecule has 3 N–H and O–H groups in total. The van der Waals surface area contributed by atoms with Crippen LogP contribution >= 0.6 is 0 Å². The lowest BCUT2D eigenvalue weighted by atomic mass is 9.94. The zero-order chi connectivity index (χ0) is 17.3. The number of rotatable bonds is 4. The van der Waals surface area contributed by atoms with Gasteiger partial charge in [-0.25, -0.2) is 15.0 Å². The van der Waals surface area contributed by atoms with Gasteiger partial charge in [-0.3, -0.25) is 9.48 Å².